The summed E-state index contributed by atoms with van der Waals surface area (Å²) in [6.07, 6.45) is 2.87. The van der Waals surface area contributed by atoms with Gasteiger partial charge in [-0.1, -0.05) is 0 Å². The van der Waals surface area contributed by atoms with Crippen LogP contribution in [-0.2, 0) is 0 Å². The lowest BCUT2D eigenvalue weighted by atomic mass is 10.1. The van der Waals surface area contributed by atoms with Crippen LogP contribution in [0.2, 0.25) is 0 Å². The van der Waals surface area contributed by atoms with E-state index in [1.54, 1.807) is 18.2 Å². The van der Waals surface area contributed by atoms with E-state index in [4.69, 9.17) is 10.2 Å². The van der Waals surface area contributed by atoms with Crippen LogP contribution >= 0.6 is 0 Å². The second-order valence-electron chi connectivity index (χ2n) is 3.54. The Morgan fingerprint density at radius 2 is 2.19 bits per heavy atom. The third-order valence-corrected chi connectivity index (χ3v) is 2.28. The number of rotatable bonds is 2. The van der Waals surface area contributed by atoms with Gasteiger partial charge in [0.15, 0.2) is 0 Å². The van der Waals surface area contributed by atoms with Gasteiger partial charge in [0.25, 0.3) is 5.91 Å². The molecule has 4 heteroatoms. The Balaban J connectivity index is 2.18. The fourth-order valence-corrected chi connectivity index (χ4v) is 1.42. The summed E-state index contributed by atoms with van der Waals surface area (Å²) in [6, 6.07) is 6.95. The van der Waals surface area contributed by atoms with E-state index in [1.165, 1.54) is 12.5 Å². The van der Waals surface area contributed by atoms with Crippen molar-refractivity contribution in [3.05, 3.63) is 47.9 Å². The molecule has 0 radical (unpaired) electrons. The summed E-state index contributed by atoms with van der Waals surface area (Å²) >= 11 is 0. The van der Waals surface area contributed by atoms with Crippen molar-refractivity contribution in [2.24, 2.45) is 0 Å². The van der Waals surface area contributed by atoms with Gasteiger partial charge >= 0.3 is 0 Å². The molecule has 0 unspecified atom stereocenters. The zero-order valence-electron chi connectivity index (χ0n) is 8.86. The predicted molar refractivity (Wildman–Crippen MR) is 62.3 cm³/mol. The molecule has 0 fully saturated rings. The number of hydrogen-bond donors (Lipinski definition) is 2. The fourth-order valence-electron chi connectivity index (χ4n) is 1.42. The molecule has 2 rings (SSSR count). The van der Waals surface area contributed by atoms with Gasteiger partial charge in [0.2, 0.25) is 0 Å². The van der Waals surface area contributed by atoms with E-state index in [-0.39, 0.29) is 5.91 Å². The number of nitrogen functional groups attached to an aromatic ring is 1. The number of anilines is 2. The first-order chi connectivity index (χ1) is 7.66. The summed E-state index contributed by atoms with van der Waals surface area (Å²) in [5, 5.41) is 2.79. The van der Waals surface area contributed by atoms with E-state index in [9.17, 15) is 4.79 Å². The maximum atomic E-state index is 11.7. The number of carbonyl (C=O) groups excluding carboxylic acids is 1. The summed E-state index contributed by atoms with van der Waals surface area (Å²) in [6.45, 7) is 1.89. The Hall–Kier alpha value is -2.23. The van der Waals surface area contributed by atoms with Gasteiger partial charge in [-0.15, -0.1) is 0 Å². The van der Waals surface area contributed by atoms with Crippen LogP contribution in [0.3, 0.4) is 0 Å². The molecule has 0 atom stereocenters. The first-order valence-corrected chi connectivity index (χ1v) is 4.86. The zero-order valence-corrected chi connectivity index (χ0v) is 8.86. The number of nitrogens with one attached hydrogen (secondary N) is 1. The maximum Gasteiger partial charge on any atom is 0.258 e. The molecule has 82 valence electrons. The average Bonchev–Trinajstić information content (AvgIpc) is 2.75. The molecule has 4 nitrogen and oxygen atoms in total. The molecule has 0 saturated carbocycles. The highest BCUT2D eigenvalue weighted by Crippen LogP contribution is 2.18. The Morgan fingerprint density at radius 1 is 1.38 bits per heavy atom. The van der Waals surface area contributed by atoms with E-state index in [2.05, 4.69) is 5.32 Å². The normalized spacial score (nSPS) is 10.1. The van der Waals surface area contributed by atoms with Crippen molar-refractivity contribution >= 4 is 17.3 Å². The molecular weight excluding hydrogens is 204 g/mol. The highest BCUT2D eigenvalue weighted by Gasteiger charge is 2.08. The molecule has 2 aromatic rings. The monoisotopic (exact) mass is 216 g/mol. The van der Waals surface area contributed by atoms with E-state index in [0.29, 0.717) is 11.3 Å². The van der Waals surface area contributed by atoms with Crippen LogP contribution in [0, 0.1) is 6.92 Å². The average molecular weight is 216 g/mol. The molecule has 1 amide bonds. The summed E-state index contributed by atoms with van der Waals surface area (Å²) in [7, 11) is 0. The molecule has 1 aromatic carbocycles. The first kappa shape index (κ1) is 10.3. The molecule has 0 aliphatic carbocycles. The lowest BCUT2D eigenvalue weighted by Crippen LogP contribution is -2.11. The van der Waals surface area contributed by atoms with Gasteiger partial charge < -0.3 is 15.5 Å². The van der Waals surface area contributed by atoms with Crippen LogP contribution in [0.5, 0.6) is 0 Å². The number of furan rings is 1. The van der Waals surface area contributed by atoms with Crippen LogP contribution < -0.4 is 11.1 Å². The quantitative estimate of drug-likeness (QED) is 0.757. The van der Waals surface area contributed by atoms with Crippen LogP contribution in [-0.4, -0.2) is 5.91 Å². The number of hydrogen-bond acceptors (Lipinski definition) is 3. The molecule has 1 heterocycles. The van der Waals surface area contributed by atoms with Gasteiger partial charge in [-0.3, -0.25) is 4.79 Å². The largest absolute Gasteiger partial charge is 0.472 e. The van der Waals surface area contributed by atoms with Gasteiger partial charge in [0, 0.05) is 11.4 Å². The minimum absolute atomic E-state index is 0.193. The third kappa shape index (κ3) is 2.06. The number of benzene rings is 1. The highest BCUT2D eigenvalue weighted by atomic mass is 16.3. The second kappa shape index (κ2) is 4.10. The molecule has 0 aliphatic heterocycles. The van der Waals surface area contributed by atoms with Crippen LogP contribution in [0.1, 0.15) is 15.9 Å². The van der Waals surface area contributed by atoms with Crippen molar-refractivity contribution in [1.82, 2.24) is 0 Å². The lowest BCUT2D eigenvalue weighted by molar-refractivity contribution is 0.102. The van der Waals surface area contributed by atoms with E-state index in [1.807, 2.05) is 13.0 Å². The second-order valence-corrected chi connectivity index (χ2v) is 3.54. The number of nitrogens with two attached hydrogens (primary N) is 1. The van der Waals surface area contributed by atoms with Crippen molar-refractivity contribution in [1.29, 1.82) is 0 Å². The van der Waals surface area contributed by atoms with Crippen molar-refractivity contribution in [3.8, 4) is 0 Å². The minimum Gasteiger partial charge on any atom is -0.472 e. The molecule has 16 heavy (non-hydrogen) atoms. The van der Waals surface area contributed by atoms with Gasteiger partial charge in [-0.05, 0) is 36.8 Å². The van der Waals surface area contributed by atoms with Crippen molar-refractivity contribution in [2.45, 2.75) is 6.92 Å². The summed E-state index contributed by atoms with van der Waals surface area (Å²) in [5.74, 6) is -0.193. The Labute approximate surface area is 93.1 Å². The molecular formula is C12H12N2O2. The van der Waals surface area contributed by atoms with Crippen LogP contribution in [0.25, 0.3) is 0 Å². The number of aryl methyl sites for hydroxylation is 1. The molecule has 3 N–H and O–H groups in total. The topological polar surface area (TPSA) is 68.3 Å². The third-order valence-electron chi connectivity index (χ3n) is 2.28. The Kier molecular flexibility index (Phi) is 2.64. The SMILES string of the molecule is Cc1cc(N)ccc1NC(=O)c1ccoc1. The van der Waals surface area contributed by atoms with Crippen molar-refractivity contribution < 1.29 is 9.21 Å². The van der Waals surface area contributed by atoms with Crippen LogP contribution in [0.15, 0.2) is 41.2 Å². The Bertz CT molecular complexity index is 504. The smallest absolute Gasteiger partial charge is 0.258 e. The molecule has 0 bridgehead atoms. The number of carbonyl (C=O) groups is 1. The van der Waals surface area contributed by atoms with Crippen molar-refractivity contribution in [3.63, 3.8) is 0 Å². The fraction of sp³-hybridized carbons (Fsp3) is 0.0833. The molecule has 0 spiro atoms. The molecule has 0 saturated heterocycles. The van der Waals surface area contributed by atoms with E-state index in [0.717, 1.165) is 11.3 Å². The standard InChI is InChI=1S/C12H12N2O2/c1-8-6-10(13)2-3-11(8)14-12(15)9-4-5-16-7-9/h2-7H,13H2,1H3,(H,14,15). The van der Waals surface area contributed by atoms with Crippen LogP contribution in [0.4, 0.5) is 11.4 Å². The highest BCUT2D eigenvalue weighted by molar-refractivity contribution is 6.04. The van der Waals surface area contributed by atoms with Crippen molar-refractivity contribution in [2.75, 3.05) is 11.1 Å². The minimum atomic E-state index is -0.193. The maximum absolute atomic E-state index is 11.7. The van der Waals surface area contributed by atoms with Gasteiger partial charge in [0.05, 0.1) is 11.8 Å². The van der Waals surface area contributed by atoms with Gasteiger partial charge in [-0.2, -0.15) is 0 Å². The summed E-state index contributed by atoms with van der Waals surface area (Å²) in [4.78, 5) is 11.7. The van der Waals surface area contributed by atoms with Gasteiger partial charge in [-0.25, -0.2) is 0 Å². The summed E-state index contributed by atoms with van der Waals surface area (Å²) in [5.41, 5.74) is 8.48. The number of amides is 1. The Morgan fingerprint density at radius 3 is 2.81 bits per heavy atom. The predicted octanol–water partition coefficient (Wildman–Crippen LogP) is 2.42. The molecule has 1 aromatic heterocycles. The molecule has 0 aliphatic rings. The summed E-state index contributed by atoms with van der Waals surface area (Å²) < 4.78 is 4.84. The first-order valence-electron chi connectivity index (χ1n) is 4.86. The lowest BCUT2D eigenvalue weighted by Gasteiger charge is -2.07. The van der Waals surface area contributed by atoms with Gasteiger partial charge in [0.1, 0.15) is 6.26 Å². The zero-order chi connectivity index (χ0) is 11.5. The van der Waals surface area contributed by atoms with E-state index >= 15 is 0 Å². The van der Waals surface area contributed by atoms with E-state index < -0.39 is 0 Å².